The number of nitrogens with two attached hydrogens (primary N) is 1. The van der Waals surface area contributed by atoms with Crippen LogP contribution in [-0.4, -0.2) is 66.3 Å². The standard InChI is InChI=1S/C17H28N4O4S/c1-24-14(22)10-25-13-4-2-12(3-5-13)21-17(11-6-8-19-9-7-11)26-16(20-21)15(18)23/h11-13,17,19H,2-10H2,1H3,(H2,18,23). The molecule has 0 bridgehead atoms. The van der Waals surface area contributed by atoms with Crippen LogP contribution < -0.4 is 11.1 Å². The fourth-order valence-electron chi connectivity index (χ4n) is 3.91. The summed E-state index contributed by atoms with van der Waals surface area (Å²) in [5.74, 6) is -0.272. The summed E-state index contributed by atoms with van der Waals surface area (Å²) in [6.07, 6.45) is 5.89. The molecule has 26 heavy (non-hydrogen) atoms. The maximum Gasteiger partial charge on any atom is 0.331 e. The predicted molar refractivity (Wildman–Crippen MR) is 99.5 cm³/mol. The summed E-state index contributed by atoms with van der Waals surface area (Å²) in [7, 11) is 1.36. The number of hydrazone groups is 1. The highest BCUT2D eigenvalue weighted by molar-refractivity contribution is 8.16. The number of carbonyl (C=O) groups excluding carboxylic acids is 2. The first-order valence-corrected chi connectivity index (χ1v) is 10.2. The highest BCUT2D eigenvalue weighted by atomic mass is 32.2. The Kier molecular flexibility index (Phi) is 6.77. The van der Waals surface area contributed by atoms with E-state index in [0.29, 0.717) is 11.0 Å². The summed E-state index contributed by atoms with van der Waals surface area (Å²) < 4.78 is 10.3. The molecule has 146 valence electrons. The highest BCUT2D eigenvalue weighted by Crippen LogP contribution is 2.40. The van der Waals surface area contributed by atoms with E-state index in [-0.39, 0.29) is 30.1 Å². The monoisotopic (exact) mass is 384 g/mol. The van der Waals surface area contributed by atoms with E-state index < -0.39 is 5.91 Å². The highest BCUT2D eigenvalue weighted by Gasteiger charge is 2.40. The Balaban J connectivity index is 1.58. The number of nitrogens with zero attached hydrogens (tertiary/aromatic N) is 2. The number of thioether (sulfide) groups is 1. The SMILES string of the molecule is COC(=O)COC1CCC(N2N=C(C(N)=O)SC2C2CCNCC2)CC1. The number of nitrogens with one attached hydrogen (secondary N) is 1. The zero-order valence-corrected chi connectivity index (χ0v) is 16.0. The van der Waals surface area contributed by atoms with Crippen LogP contribution in [0.2, 0.25) is 0 Å². The van der Waals surface area contributed by atoms with Crippen molar-refractivity contribution in [2.75, 3.05) is 26.8 Å². The maximum atomic E-state index is 11.7. The number of amides is 1. The number of rotatable bonds is 6. The van der Waals surface area contributed by atoms with Crippen molar-refractivity contribution in [2.24, 2.45) is 16.8 Å². The molecule has 3 aliphatic rings. The zero-order chi connectivity index (χ0) is 18.5. The van der Waals surface area contributed by atoms with E-state index >= 15 is 0 Å². The van der Waals surface area contributed by atoms with Gasteiger partial charge < -0.3 is 20.5 Å². The van der Waals surface area contributed by atoms with Crippen LogP contribution in [0.3, 0.4) is 0 Å². The number of piperidine rings is 1. The lowest BCUT2D eigenvalue weighted by Gasteiger charge is -2.39. The summed E-state index contributed by atoms with van der Waals surface area (Å²) >= 11 is 1.53. The summed E-state index contributed by atoms with van der Waals surface area (Å²) in [5.41, 5.74) is 5.49. The summed E-state index contributed by atoms with van der Waals surface area (Å²) in [6.45, 7) is 2.03. The number of ether oxygens (including phenoxy) is 2. The van der Waals surface area contributed by atoms with Gasteiger partial charge in [0.2, 0.25) is 0 Å². The minimum absolute atomic E-state index is 0.00702. The van der Waals surface area contributed by atoms with E-state index in [2.05, 4.69) is 20.2 Å². The van der Waals surface area contributed by atoms with Crippen LogP contribution in [0.1, 0.15) is 38.5 Å². The van der Waals surface area contributed by atoms with E-state index in [1.807, 2.05) is 0 Å². The molecule has 0 spiro atoms. The maximum absolute atomic E-state index is 11.7. The van der Waals surface area contributed by atoms with Gasteiger partial charge in [0, 0.05) is 6.04 Å². The molecule has 1 saturated heterocycles. The topological polar surface area (TPSA) is 106 Å². The van der Waals surface area contributed by atoms with Crippen molar-refractivity contribution in [3.8, 4) is 0 Å². The third-order valence-corrected chi connectivity index (χ3v) is 6.73. The Bertz CT molecular complexity index is 545. The molecule has 0 radical (unpaired) electrons. The molecule has 1 atom stereocenters. The van der Waals surface area contributed by atoms with Gasteiger partial charge in [0.25, 0.3) is 5.91 Å². The number of primary amides is 1. The predicted octanol–water partition coefficient (Wildman–Crippen LogP) is 0.661. The second-order valence-corrected chi connectivity index (χ2v) is 8.17. The van der Waals surface area contributed by atoms with E-state index in [1.165, 1.54) is 18.9 Å². The molecule has 0 aromatic carbocycles. The zero-order valence-electron chi connectivity index (χ0n) is 15.2. The fraction of sp³-hybridized carbons (Fsp3) is 0.824. The molecule has 3 N–H and O–H groups in total. The molecule has 1 aliphatic carbocycles. The number of hydrogen-bond acceptors (Lipinski definition) is 8. The molecule has 2 aliphatic heterocycles. The second kappa shape index (κ2) is 9.05. The minimum atomic E-state index is -0.438. The fourth-order valence-corrected chi connectivity index (χ4v) is 5.19. The van der Waals surface area contributed by atoms with E-state index in [9.17, 15) is 9.59 Å². The van der Waals surface area contributed by atoms with Gasteiger partial charge in [-0.25, -0.2) is 4.79 Å². The van der Waals surface area contributed by atoms with Gasteiger partial charge in [-0.05, 0) is 57.5 Å². The lowest BCUT2D eigenvalue weighted by atomic mass is 9.91. The van der Waals surface area contributed by atoms with Crippen molar-refractivity contribution in [1.29, 1.82) is 0 Å². The van der Waals surface area contributed by atoms with Gasteiger partial charge in [-0.1, -0.05) is 11.8 Å². The van der Waals surface area contributed by atoms with Gasteiger partial charge in [0.05, 0.1) is 13.2 Å². The van der Waals surface area contributed by atoms with E-state index in [1.54, 1.807) is 0 Å². The molecule has 3 rings (SSSR count). The molecule has 1 saturated carbocycles. The Labute approximate surface area is 158 Å². The first kappa shape index (κ1) is 19.4. The summed E-state index contributed by atoms with van der Waals surface area (Å²) in [4.78, 5) is 22.9. The van der Waals surface area contributed by atoms with Crippen LogP contribution in [0.5, 0.6) is 0 Å². The van der Waals surface area contributed by atoms with Crippen LogP contribution in [0.25, 0.3) is 0 Å². The van der Waals surface area contributed by atoms with Crippen molar-refractivity contribution in [2.45, 2.75) is 56.0 Å². The Morgan fingerprint density at radius 3 is 2.54 bits per heavy atom. The first-order valence-electron chi connectivity index (χ1n) is 9.31. The molecular weight excluding hydrogens is 356 g/mol. The number of esters is 1. The lowest BCUT2D eigenvalue weighted by Crippen LogP contribution is -2.45. The molecule has 8 nitrogen and oxygen atoms in total. The lowest BCUT2D eigenvalue weighted by molar-refractivity contribution is -0.148. The van der Waals surface area contributed by atoms with Gasteiger partial charge >= 0.3 is 5.97 Å². The van der Waals surface area contributed by atoms with Crippen molar-refractivity contribution < 1.29 is 19.1 Å². The second-order valence-electron chi connectivity index (χ2n) is 7.06. The molecular formula is C17H28N4O4S. The van der Waals surface area contributed by atoms with Gasteiger partial charge in [-0.15, -0.1) is 0 Å². The largest absolute Gasteiger partial charge is 0.467 e. The number of hydrogen-bond donors (Lipinski definition) is 2. The average Bonchev–Trinajstić information content (AvgIpc) is 3.13. The Morgan fingerprint density at radius 1 is 1.23 bits per heavy atom. The first-order chi connectivity index (χ1) is 12.6. The third kappa shape index (κ3) is 4.69. The van der Waals surface area contributed by atoms with Gasteiger partial charge in [-0.3, -0.25) is 9.80 Å². The molecule has 0 aromatic rings. The van der Waals surface area contributed by atoms with Crippen molar-refractivity contribution in [3.05, 3.63) is 0 Å². The van der Waals surface area contributed by atoms with Crippen molar-refractivity contribution in [1.82, 2.24) is 10.3 Å². The summed E-state index contributed by atoms with van der Waals surface area (Å²) in [5, 5.41) is 10.7. The van der Waals surface area contributed by atoms with Crippen LogP contribution >= 0.6 is 11.8 Å². The van der Waals surface area contributed by atoms with Gasteiger partial charge in [0.15, 0.2) is 5.04 Å². The van der Waals surface area contributed by atoms with Crippen LogP contribution in [0, 0.1) is 5.92 Å². The van der Waals surface area contributed by atoms with Crippen molar-refractivity contribution >= 4 is 28.7 Å². The minimum Gasteiger partial charge on any atom is -0.467 e. The molecule has 1 unspecified atom stereocenters. The van der Waals surface area contributed by atoms with E-state index in [4.69, 9.17) is 10.5 Å². The normalized spacial score (nSPS) is 30.1. The summed E-state index contributed by atoms with van der Waals surface area (Å²) in [6, 6.07) is 0.289. The van der Waals surface area contributed by atoms with Crippen molar-refractivity contribution in [3.63, 3.8) is 0 Å². The molecule has 1 amide bonds. The van der Waals surface area contributed by atoms with E-state index in [0.717, 1.165) is 51.6 Å². The number of methoxy groups -OCH3 is 1. The smallest absolute Gasteiger partial charge is 0.331 e. The number of carbonyl (C=O) groups is 2. The van der Waals surface area contributed by atoms with Crippen LogP contribution in [0.15, 0.2) is 5.10 Å². The average molecular weight is 385 g/mol. The Hall–Kier alpha value is -1.32. The third-order valence-electron chi connectivity index (χ3n) is 5.38. The quantitative estimate of drug-likeness (QED) is 0.648. The van der Waals surface area contributed by atoms with Gasteiger partial charge in [-0.2, -0.15) is 5.10 Å². The van der Waals surface area contributed by atoms with Crippen LogP contribution in [-0.2, 0) is 19.1 Å². The van der Waals surface area contributed by atoms with Crippen LogP contribution in [0.4, 0.5) is 0 Å². The molecule has 2 heterocycles. The molecule has 0 aromatic heterocycles. The Morgan fingerprint density at radius 2 is 1.92 bits per heavy atom. The molecule has 9 heteroatoms. The molecule has 2 fully saturated rings. The van der Waals surface area contributed by atoms with Gasteiger partial charge in [0.1, 0.15) is 12.0 Å².